The second-order valence-electron chi connectivity index (χ2n) is 4.35. The standard InChI is InChI=1S/C14H15N3OS/c1-3-18-12-5-4-10(6-9(12)2)11-8-19-14-16-13(15)7-17(11)14/h4-8H,3,15H2,1-2H3. The van der Waals surface area contributed by atoms with E-state index >= 15 is 0 Å². The average Bonchev–Trinajstić information content (AvgIpc) is 2.91. The first-order valence-electron chi connectivity index (χ1n) is 6.15. The minimum Gasteiger partial charge on any atom is -0.494 e. The van der Waals surface area contributed by atoms with Crippen LogP contribution in [0.2, 0.25) is 0 Å². The third-order valence-electron chi connectivity index (χ3n) is 3.00. The highest BCUT2D eigenvalue weighted by molar-refractivity contribution is 7.15. The topological polar surface area (TPSA) is 52.5 Å². The van der Waals surface area contributed by atoms with Gasteiger partial charge in [-0.15, -0.1) is 11.3 Å². The number of benzene rings is 1. The first-order valence-corrected chi connectivity index (χ1v) is 7.03. The molecule has 0 unspecified atom stereocenters. The van der Waals surface area contributed by atoms with E-state index in [0.717, 1.165) is 27.5 Å². The third-order valence-corrected chi connectivity index (χ3v) is 3.84. The van der Waals surface area contributed by atoms with E-state index in [1.165, 1.54) is 0 Å². The van der Waals surface area contributed by atoms with Crippen LogP contribution in [0.25, 0.3) is 16.2 Å². The van der Waals surface area contributed by atoms with E-state index in [0.29, 0.717) is 12.4 Å². The maximum atomic E-state index is 5.73. The quantitative estimate of drug-likeness (QED) is 0.796. The Morgan fingerprint density at radius 1 is 1.42 bits per heavy atom. The number of hydrogen-bond donors (Lipinski definition) is 1. The molecule has 0 atom stereocenters. The molecule has 4 nitrogen and oxygen atoms in total. The van der Waals surface area contributed by atoms with Crippen LogP contribution in [0, 0.1) is 6.92 Å². The number of nitrogens with two attached hydrogens (primary N) is 1. The number of ether oxygens (including phenoxy) is 1. The van der Waals surface area contributed by atoms with E-state index in [4.69, 9.17) is 10.5 Å². The number of imidazole rings is 1. The summed E-state index contributed by atoms with van der Waals surface area (Å²) in [6, 6.07) is 6.20. The van der Waals surface area contributed by atoms with Gasteiger partial charge in [-0.2, -0.15) is 0 Å². The molecule has 0 spiro atoms. The highest BCUT2D eigenvalue weighted by Gasteiger charge is 2.10. The highest BCUT2D eigenvalue weighted by Crippen LogP contribution is 2.30. The minimum atomic E-state index is 0.552. The van der Waals surface area contributed by atoms with Crippen molar-refractivity contribution in [3.8, 4) is 17.0 Å². The van der Waals surface area contributed by atoms with Crippen LogP contribution in [0.3, 0.4) is 0 Å². The predicted molar refractivity (Wildman–Crippen MR) is 78.8 cm³/mol. The van der Waals surface area contributed by atoms with Gasteiger partial charge in [-0.1, -0.05) is 0 Å². The maximum Gasteiger partial charge on any atom is 0.196 e. The van der Waals surface area contributed by atoms with Gasteiger partial charge in [-0.25, -0.2) is 4.98 Å². The summed E-state index contributed by atoms with van der Waals surface area (Å²) in [5.41, 5.74) is 9.11. The van der Waals surface area contributed by atoms with Gasteiger partial charge in [0.1, 0.15) is 11.6 Å². The lowest BCUT2D eigenvalue weighted by atomic mass is 10.1. The summed E-state index contributed by atoms with van der Waals surface area (Å²) >= 11 is 1.59. The second-order valence-corrected chi connectivity index (χ2v) is 5.19. The van der Waals surface area contributed by atoms with Crippen LogP contribution in [0.15, 0.2) is 29.8 Å². The fourth-order valence-corrected chi connectivity index (χ4v) is 3.02. The van der Waals surface area contributed by atoms with E-state index in [9.17, 15) is 0 Å². The van der Waals surface area contributed by atoms with Crippen molar-refractivity contribution in [3.05, 3.63) is 35.3 Å². The number of aromatic nitrogens is 2. The molecule has 0 bridgehead atoms. The first-order chi connectivity index (χ1) is 9.19. The number of thiazole rings is 1. The smallest absolute Gasteiger partial charge is 0.196 e. The number of hydrogen-bond acceptors (Lipinski definition) is 4. The lowest BCUT2D eigenvalue weighted by Gasteiger charge is -2.08. The van der Waals surface area contributed by atoms with Gasteiger partial charge in [-0.3, -0.25) is 4.40 Å². The fraction of sp³-hybridized carbons (Fsp3) is 0.214. The van der Waals surface area contributed by atoms with Gasteiger partial charge in [0.15, 0.2) is 4.96 Å². The molecule has 5 heteroatoms. The van der Waals surface area contributed by atoms with Gasteiger partial charge in [0.25, 0.3) is 0 Å². The molecule has 1 aromatic carbocycles. The Hall–Kier alpha value is -2.01. The molecule has 0 saturated carbocycles. The van der Waals surface area contributed by atoms with E-state index in [-0.39, 0.29) is 0 Å². The van der Waals surface area contributed by atoms with Gasteiger partial charge in [0.05, 0.1) is 18.5 Å². The fourth-order valence-electron chi connectivity index (χ4n) is 2.13. The molecule has 98 valence electrons. The maximum absolute atomic E-state index is 5.73. The number of nitrogens with zero attached hydrogens (tertiary/aromatic N) is 2. The molecule has 0 aliphatic carbocycles. The summed E-state index contributed by atoms with van der Waals surface area (Å²) in [6.45, 7) is 4.73. The molecule has 0 radical (unpaired) electrons. The summed E-state index contributed by atoms with van der Waals surface area (Å²) in [4.78, 5) is 5.18. The first kappa shape index (κ1) is 12.0. The van der Waals surface area contributed by atoms with Crippen molar-refractivity contribution < 1.29 is 4.74 Å². The molecule has 2 aromatic heterocycles. The van der Waals surface area contributed by atoms with Crippen LogP contribution in [-0.4, -0.2) is 16.0 Å². The van der Waals surface area contributed by atoms with Crippen molar-refractivity contribution in [1.82, 2.24) is 9.38 Å². The minimum absolute atomic E-state index is 0.552. The van der Waals surface area contributed by atoms with Crippen molar-refractivity contribution in [2.24, 2.45) is 0 Å². The molecular weight excluding hydrogens is 258 g/mol. The molecule has 19 heavy (non-hydrogen) atoms. The number of fused-ring (bicyclic) bond motifs is 1. The summed E-state index contributed by atoms with van der Waals surface area (Å²) in [5, 5.41) is 2.09. The largest absolute Gasteiger partial charge is 0.494 e. The lowest BCUT2D eigenvalue weighted by Crippen LogP contribution is -1.94. The van der Waals surface area contributed by atoms with E-state index in [1.54, 1.807) is 11.3 Å². The zero-order valence-electron chi connectivity index (χ0n) is 10.9. The lowest BCUT2D eigenvalue weighted by molar-refractivity contribution is 0.338. The van der Waals surface area contributed by atoms with Crippen LogP contribution in [-0.2, 0) is 0 Å². The molecule has 0 amide bonds. The van der Waals surface area contributed by atoms with E-state index in [2.05, 4.69) is 29.4 Å². The van der Waals surface area contributed by atoms with Crippen LogP contribution < -0.4 is 10.5 Å². The monoisotopic (exact) mass is 273 g/mol. The molecule has 0 aliphatic heterocycles. The number of aryl methyl sites for hydroxylation is 1. The van der Waals surface area contributed by atoms with Crippen molar-refractivity contribution in [2.75, 3.05) is 12.3 Å². The molecule has 0 fully saturated rings. The molecule has 2 N–H and O–H groups in total. The molecule has 3 rings (SSSR count). The zero-order valence-corrected chi connectivity index (χ0v) is 11.7. The SMILES string of the molecule is CCOc1ccc(-c2csc3nc(N)cn23)cc1C. The van der Waals surface area contributed by atoms with Gasteiger partial charge >= 0.3 is 0 Å². The molecular formula is C14H15N3OS. The van der Waals surface area contributed by atoms with Crippen molar-refractivity contribution in [3.63, 3.8) is 0 Å². The van der Waals surface area contributed by atoms with Crippen molar-refractivity contribution in [2.45, 2.75) is 13.8 Å². The van der Waals surface area contributed by atoms with Gasteiger partial charge in [0.2, 0.25) is 0 Å². The Balaban J connectivity index is 2.08. The zero-order chi connectivity index (χ0) is 13.4. The van der Waals surface area contributed by atoms with Crippen LogP contribution in [0.1, 0.15) is 12.5 Å². The summed E-state index contributed by atoms with van der Waals surface area (Å²) < 4.78 is 7.59. The van der Waals surface area contributed by atoms with Crippen LogP contribution in [0.4, 0.5) is 5.82 Å². The molecule has 2 heterocycles. The van der Waals surface area contributed by atoms with Crippen LogP contribution >= 0.6 is 11.3 Å². The summed E-state index contributed by atoms with van der Waals surface area (Å²) in [7, 11) is 0. The van der Waals surface area contributed by atoms with Crippen molar-refractivity contribution >= 4 is 22.1 Å². The number of anilines is 1. The van der Waals surface area contributed by atoms with Crippen LogP contribution in [0.5, 0.6) is 5.75 Å². The molecule has 3 aromatic rings. The Morgan fingerprint density at radius 2 is 2.26 bits per heavy atom. The van der Waals surface area contributed by atoms with Crippen molar-refractivity contribution in [1.29, 1.82) is 0 Å². The predicted octanol–water partition coefficient (Wildman–Crippen LogP) is 3.35. The van der Waals surface area contributed by atoms with Gasteiger partial charge < -0.3 is 10.5 Å². The summed E-state index contributed by atoms with van der Waals surface area (Å²) in [5.74, 6) is 1.48. The number of nitrogen functional groups attached to an aromatic ring is 1. The van der Waals surface area contributed by atoms with Gasteiger partial charge in [0, 0.05) is 5.38 Å². The molecule has 0 saturated heterocycles. The van der Waals surface area contributed by atoms with E-state index < -0.39 is 0 Å². The molecule has 0 aliphatic rings. The summed E-state index contributed by atoms with van der Waals surface area (Å²) in [6.07, 6.45) is 1.85. The Morgan fingerprint density at radius 3 is 3.00 bits per heavy atom. The Bertz CT molecular complexity index is 729. The Labute approximate surface area is 115 Å². The number of rotatable bonds is 3. The normalized spacial score (nSPS) is 11.1. The van der Waals surface area contributed by atoms with Gasteiger partial charge in [-0.05, 0) is 43.2 Å². The Kier molecular flexibility index (Phi) is 2.91. The average molecular weight is 273 g/mol. The highest BCUT2D eigenvalue weighted by atomic mass is 32.1. The third kappa shape index (κ3) is 2.06. The van der Waals surface area contributed by atoms with E-state index in [1.807, 2.05) is 23.6 Å². The second kappa shape index (κ2) is 4.59.